The molecule has 6 nitrogen and oxygen atoms in total. The van der Waals surface area contributed by atoms with Crippen LogP contribution in [-0.2, 0) is 22.4 Å². The highest BCUT2D eigenvalue weighted by atomic mass is 16.5. The van der Waals surface area contributed by atoms with Crippen LogP contribution in [0.15, 0.2) is 53.1 Å². The molecule has 4 rings (SSSR count). The molecule has 1 saturated heterocycles. The molecule has 0 spiro atoms. The molecular formula is C25H28N2O4. The summed E-state index contributed by atoms with van der Waals surface area (Å²) in [5.74, 6) is 1.03. The van der Waals surface area contributed by atoms with Crippen LogP contribution in [0.4, 0.5) is 0 Å². The number of hydrogen-bond donors (Lipinski definition) is 0. The number of carbonyl (C=O) groups excluding carboxylic acids is 2. The number of ether oxygens (including phenoxy) is 1. The standard InChI is InChI=1S/C25H28N2O4/c1-18-3-9-22-20(17-31-23(22)15-18)16-25(29)27-13-11-26(12-14-27)24(28)10-6-19-4-7-21(30-2)8-5-19/h3-5,7-9,15,17H,6,10-14,16H2,1-2H3. The monoisotopic (exact) mass is 420 g/mol. The molecule has 0 N–H and O–H groups in total. The quantitative estimate of drug-likeness (QED) is 0.611. The van der Waals surface area contributed by atoms with Crippen molar-refractivity contribution in [1.29, 1.82) is 0 Å². The molecule has 0 atom stereocenters. The van der Waals surface area contributed by atoms with E-state index in [-0.39, 0.29) is 11.8 Å². The van der Waals surface area contributed by atoms with E-state index >= 15 is 0 Å². The number of aryl methyl sites for hydroxylation is 2. The summed E-state index contributed by atoms with van der Waals surface area (Å²) in [6.07, 6.45) is 3.18. The number of benzene rings is 2. The summed E-state index contributed by atoms with van der Waals surface area (Å²) in [6, 6.07) is 13.8. The zero-order chi connectivity index (χ0) is 21.8. The fourth-order valence-electron chi connectivity index (χ4n) is 4.01. The predicted molar refractivity (Wildman–Crippen MR) is 119 cm³/mol. The average Bonchev–Trinajstić information content (AvgIpc) is 3.19. The maximum absolute atomic E-state index is 12.8. The minimum absolute atomic E-state index is 0.0774. The second kappa shape index (κ2) is 9.25. The van der Waals surface area contributed by atoms with Crippen molar-refractivity contribution < 1.29 is 18.7 Å². The fourth-order valence-corrected chi connectivity index (χ4v) is 4.01. The second-order valence-corrected chi connectivity index (χ2v) is 8.05. The number of fused-ring (bicyclic) bond motifs is 1. The molecule has 162 valence electrons. The predicted octanol–water partition coefficient (Wildman–Crippen LogP) is 3.60. The molecule has 1 aliphatic heterocycles. The Labute approximate surface area is 182 Å². The van der Waals surface area contributed by atoms with E-state index in [9.17, 15) is 9.59 Å². The van der Waals surface area contributed by atoms with Crippen LogP contribution in [0.5, 0.6) is 5.75 Å². The van der Waals surface area contributed by atoms with Crippen molar-refractivity contribution >= 4 is 22.8 Å². The van der Waals surface area contributed by atoms with Gasteiger partial charge in [-0.1, -0.05) is 24.3 Å². The first-order valence-corrected chi connectivity index (χ1v) is 10.7. The number of furan rings is 1. The summed E-state index contributed by atoms with van der Waals surface area (Å²) < 4.78 is 10.8. The van der Waals surface area contributed by atoms with Gasteiger partial charge in [0.2, 0.25) is 11.8 Å². The summed E-state index contributed by atoms with van der Waals surface area (Å²) >= 11 is 0. The first kappa shape index (κ1) is 21.0. The van der Waals surface area contributed by atoms with Gasteiger partial charge in [0, 0.05) is 43.5 Å². The highest BCUT2D eigenvalue weighted by molar-refractivity contribution is 5.88. The summed E-state index contributed by atoms with van der Waals surface area (Å²) in [5.41, 5.74) is 3.98. The summed E-state index contributed by atoms with van der Waals surface area (Å²) in [4.78, 5) is 29.1. The van der Waals surface area contributed by atoms with E-state index in [2.05, 4.69) is 0 Å². The number of piperazine rings is 1. The molecule has 2 heterocycles. The van der Waals surface area contributed by atoms with E-state index in [0.29, 0.717) is 45.4 Å². The van der Waals surface area contributed by atoms with E-state index in [1.165, 1.54) is 0 Å². The Morgan fingerprint density at radius 3 is 2.32 bits per heavy atom. The van der Waals surface area contributed by atoms with Gasteiger partial charge in [-0.05, 0) is 42.7 Å². The largest absolute Gasteiger partial charge is 0.497 e. The number of rotatable bonds is 6. The fraction of sp³-hybridized carbons (Fsp3) is 0.360. The van der Waals surface area contributed by atoms with E-state index in [0.717, 1.165) is 33.4 Å². The van der Waals surface area contributed by atoms with Gasteiger partial charge in [0.15, 0.2) is 0 Å². The Morgan fingerprint density at radius 2 is 1.65 bits per heavy atom. The Balaban J connectivity index is 1.26. The molecule has 2 aromatic carbocycles. The Morgan fingerprint density at radius 1 is 0.968 bits per heavy atom. The SMILES string of the molecule is COc1ccc(CCC(=O)N2CCN(C(=O)Cc3coc4cc(C)ccc34)CC2)cc1. The third-order valence-corrected chi connectivity index (χ3v) is 5.92. The lowest BCUT2D eigenvalue weighted by Crippen LogP contribution is -2.51. The third-order valence-electron chi connectivity index (χ3n) is 5.92. The number of carbonyl (C=O) groups is 2. The lowest BCUT2D eigenvalue weighted by atomic mass is 10.1. The zero-order valence-corrected chi connectivity index (χ0v) is 18.1. The minimum atomic E-state index is 0.0774. The van der Waals surface area contributed by atoms with E-state index in [4.69, 9.17) is 9.15 Å². The highest BCUT2D eigenvalue weighted by Crippen LogP contribution is 2.23. The van der Waals surface area contributed by atoms with Crippen LogP contribution in [0.2, 0.25) is 0 Å². The van der Waals surface area contributed by atoms with Crippen molar-refractivity contribution in [2.45, 2.75) is 26.2 Å². The van der Waals surface area contributed by atoms with Gasteiger partial charge in [-0.15, -0.1) is 0 Å². The van der Waals surface area contributed by atoms with Crippen LogP contribution in [0.25, 0.3) is 11.0 Å². The van der Waals surface area contributed by atoms with Gasteiger partial charge >= 0.3 is 0 Å². The van der Waals surface area contributed by atoms with Crippen LogP contribution < -0.4 is 4.74 Å². The van der Waals surface area contributed by atoms with Gasteiger partial charge in [0.05, 0.1) is 19.8 Å². The molecule has 0 saturated carbocycles. The number of hydrogen-bond acceptors (Lipinski definition) is 4. The molecule has 1 fully saturated rings. The molecule has 0 radical (unpaired) electrons. The molecule has 6 heteroatoms. The molecule has 2 amide bonds. The third kappa shape index (κ3) is 4.90. The van der Waals surface area contributed by atoms with Crippen LogP contribution in [0, 0.1) is 6.92 Å². The molecule has 1 aromatic heterocycles. The van der Waals surface area contributed by atoms with Crippen molar-refractivity contribution in [3.63, 3.8) is 0 Å². The van der Waals surface area contributed by atoms with E-state index < -0.39 is 0 Å². The van der Waals surface area contributed by atoms with Gasteiger partial charge < -0.3 is 19.0 Å². The normalized spacial score (nSPS) is 14.1. The van der Waals surface area contributed by atoms with Crippen LogP contribution >= 0.6 is 0 Å². The van der Waals surface area contributed by atoms with Gasteiger partial charge in [-0.2, -0.15) is 0 Å². The van der Waals surface area contributed by atoms with Crippen molar-refractivity contribution in [3.05, 3.63) is 65.4 Å². The van der Waals surface area contributed by atoms with E-state index in [1.54, 1.807) is 13.4 Å². The molecular weight excluding hydrogens is 392 g/mol. The molecule has 31 heavy (non-hydrogen) atoms. The second-order valence-electron chi connectivity index (χ2n) is 8.05. The summed E-state index contributed by atoms with van der Waals surface area (Å²) in [7, 11) is 1.64. The lowest BCUT2D eigenvalue weighted by Gasteiger charge is -2.35. The number of methoxy groups -OCH3 is 1. The topological polar surface area (TPSA) is 63.0 Å². The van der Waals surface area contributed by atoms with Crippen molar-refractivity contribution in [3.8, 4) is 5.75 Å². The Hall–Kier alpha value is -3.28. The van der Waals surface area contributed by atoms with E-state index in [1.807, 2.05) is 59.2 Å². The molecule has 0 aliphatic carbocycles. The molecule has 0 unspecified atom stereocenters. The zero-order valence-electron chi connectivity index (χ0n) is 18.1. The summed E-state index contributed by atoms with van der Waals surface area (Å²) in [5, 5.41) is 0.992. The first-order chi connectivity index (χ1) is 15.0. The molecule has 0 bridgehead atoms. The lowest BCUT2D eigenvalue weighted by molar-refractivity contribution is -0.139. The highest BCUT2D eigenvalue weighted by Gasteiger charge is 2.24. The van der Waals surface area contributed by atoms with Crippen molar-refractivity contribution in [1.82, 2.24) is 9.80 Å². The molecule has 1 aliphatic rings. The van der Waals surface area contributed by atoms with Gasteiger partial charge in [0.25, 0.3) is 0 Å². The average molecular weight is 421 g/mol. The maximum Gasteiger partial charge on any atom is 0.227 e. The van der Waals surface area contributed by atoms with Gasteiger partial charge in [0.1, 0.15) is 11.3 Å². The smallest absolute Gasteiger partial charge is 0.227 e. The number of nitrogens with zero attached hydrogens (tertiary/aromatic N) is 2. The number of amides is 2. The Kier molecular flexibility index (Phi) is 6.26. The maximum atomic E-state index is 12.8. The summed E-state index contributed by atoms with van der Waals surface area (Å²) in [6.45, 7) is 4.32. The van der Waals surface area contributed by atoms with Gasteiger partial charge in [-0.25, -0.2) is 0 Å². The molecule has 3 aromatic rings. The van der Waals surface area contributed by atoms with Crippen LogP contribution in [0.1, 0.15) is 23.1 Å². The first-order valence-electron chi connectivity index (χ1n) is 10.7. The van der Waals surface area contributed by atoms with Crippen LogP contribution in [-0.4, -0.2) is 54.9 Å². The van der Waals surface area contributed by atoms with Crippen molar-refractivity contribution in [2.24, 2.45) is 0 Å². The minimum Gasteiger partial charge on any atom is -0.497 e. The Bertz CT molecular complexity index is 1060. The van der Waals surface area contributed by atoms with Crippen LogP contribution in [0.3, 0.4) is 0 Å². The van der Waals surface area contributed by atoms with Crippen molar-refractivity contribution in [2.75, 3.05) is 33.3 Å². The van der Waals surface area contributed by atoms with Gasteiger partial charge in [-0.3, -0.25) is 9.59 Å².